The third-order valence-electron chi connectivity index (χ3n) is 13.5. The number of rotatable bonds is 5. The van der Waals surface area contributed by atoms with Crippen LogP contribution < -0.4 is 0 Å². The van der Waals surface area contributed by atoms with Crippen LogP contribution in [0.15, 0.2) is 0 Å². The Morgan fingerprint density at radius 3 is 0.568 bits per heavy atom. The molecule has 0 nitrogen and oxygen atoms in total. The Labute approximate surface area is 533 Å². The lowest BCUT2D eigenvalue weighted by molar-refractivity contribution is 0.201. The summed E-state index contributed by atoms with van der Waals surface area (Å²) >= 11 is 0. The average molecular weight is 1170 g/mol. The van der Waals surface area contributed by atoms with Crippen molar-refractivity contribution in [1.29, 1.82) is 0 Å². The van der Waals surface area contributed by atoms with E-state index in [1.807, 2.05) is 55.4 Å². The van der Waals surface area contributed by atoms with E-state index in [0.29, 0.717) is 32.5 Å². The Balaban J connectivity index is -0.0000000403. The predicted octanol–water partition coefficient (Wildman–Crippen LogP) is 33.8. The molecule has 3 rings (SSSR count). The molecule has 3 aliphatic carbocycles. The maximum atomic E-state index is 2.39. The van der Waals surface area contributed by atoms with E-state index in [1.54, 1.807) is 0 Å². The molecule has 0 heteroatoms. The summed E-state index contributed by atoms with van der Waals surface area (Å²) in [5.41, 5.74) is 3.37. The van der Waals surface area contributed by atoms with Crippen LogP contribution in [-0.4, -0.2) is 0 Å². The maximum absolute atomic E-state index is 2.39. The minimum atomic E-state index is 0. The van der Waals surface area contributed by atoms with E-state index < -0.39 is 0 Å². The van der Waals surface area contributed by atoms with Crippen molar-refractivity contribution in [1.82, 2.24) is 0 Å². The fourth-order valence-electron chi connectivity index (χ4n) is 4.52. The number of hydrogen-bond acceptors (Lipinski definition) is 0. The van der Waals surface area contributed by atoms with Crippen LogP contribution in [0.25, 0.3) is 0 Å². The molecule has 0 aromatic carbocycles. The quantitative estimate of drug-likeness (QED) is 0.257. The molecular formula is C81H194. The summed E-state index contributed by atoms with van der Waals surface area (Å²) in [4.78, 5) is 0. The normalized spacial score (nSPS) is 14.0. The van der Waals surface area contributed by atoms with Crippen molar-refractivity contribution in [3.8, 4) is 0 Å². The molecule has 3 aliphatic rings. The summed E-state index contributed by atoms with van der Waals surface area (Å²) in [5, 5.41) is 0. The zero-order valence-electron chi connectivity index (χ0n) is 66.0. The third kappa shape index (κ3) is 211. The standard InChI is InChI=1S/C9H18.C7H14.C7H16.C6H12.4C6H14.2C5H12.C4H10.C3H8.4C2H6.3CH4/c1-8-4-6-9(2,3)7-5-8;1-7-5-3-2-4-6-7;1-5-7(3,4)6-2;1-6-4-2-3-5-6;3*1-5-6(2,3)4;1-4-6(3)5-2;1-5(2,3)4;1-4-5(2)3;1-4(2)3;1-3-2;4*1-2;;;/h8H,4-7H2,1-3H3;7H,2-6H2,1H3;5-6H2,1-4H3;6H,2-5H2,1H3;3*5H2,1-4H3;6H,4-5H2,1-3H3;1-4H3;5H,4H2,1-3H3;4H,1-3H3;3H2,1-2H3;4*1-2H3;3*1H4. The highest BCUT2D eigenvalue weighted by atomic mass is 14.3. The van der Waals surface area contributed by atoms with Crippen LogP contribution >= 0.6 is 0 Å². The average Bonchev–Trinajstić information content (AvgIpc) is 3.86. The van der Waals surface area contributed by atoms with Crippen molar-refractivity contribution in [3.05, 3.63) is 0 Å². The molecular weight excluding hydrogens is 973 g/mol. The molecule has 518 valence electrons. The minimum absolute atomic E-state index is 0. The molecule has 0 aromatic heterocycles. The molecule has 0 spiro atoms. The Morgan fingerprint density at radius 1 is 0.346 bits per heavy atom. The molecule has 0 aromatic rings. The molecule has 0 heterocycles. The lowest BCUT2D eigenvalue weighted by Crippen LogP contribution is -2.19. The first kappa shape index (κ1) is 123. The molecule has 81 heavy (non-hydrogen) atoms. The summed E-state index contributed by atoms with van der Waals surface area (Å²) in [6.45, 7) is 96.6. The van der Waals surface area contributed by atoms with Crippen LogP contribution in [0.3, 0.4) is 0 Å². The van der Waals surface area contributed by atoms with Gasteiger partial charge in [0.05, 0.1) is 0 Å². The van der Waals surface area contributed by atoms with Gasteiger partial charge >= 0.3 is 0 Å². The molecule has 3 fully saturated rings. The van der Waals surface area contributed by atoms with Crippen LogP contribution in [-0.2, 0) is 0 Å². The van der Waals surface area contributed by atoms with E-state index in [0.717, 1.165) is 35.5 Å². The first-order chi connectivity index (χ1) is 35.4. The van der Waals surface area contributed by atoms with Gasteiger partial charge in [0.15, 0.2) is 0 Å². The minimum Gasteiger partial charge on any atom is -0.0776 e. The van der Waals surface area contributed by atoms with Crippen molar-refractivity contribution in [2.45, 2.75) is 468 Å². The molecule has 3 saturated carbocycles. The van der Waals surface area contributed by atoms with E-state index in [-0.39, 0.29) is 22.3 Å². The van der Waals surface area contributed by atoms with E-state index >= 15 is 0 Å². The van der Waals surface area contributed by atoms with Crippen molar-refractivity contribution in [2.75, 3.05) is 0 Å². The second-order valence-corrected chi connectivity index (χ2v) is 30.3. The topological polar surface area (TPSA) is 0 Å². The van der Waals surface area contributed by atoms with Gasteiger partial charge in [-0.1, -0.05) is 455 Å². The van der Waals surface area contributed by atoms with Crippen LogP contribution in [0.5, 0.6) is 0 Å². The maximum Gasteiger partial charge on any atom is -0.0354 e. The molecule has 0 saturated heterocycles. The molecule has 0 amide bonds. The van der Waals surface area contributed by atoms with Gasteiger partial charge in [0.1, 0.15) is 0 Å². The van der Waals surface area contributed by atoms with Crippen LogP contribution in [0, 0.1) is 68.0 Å². The molecule has 0 N–H and O–H groups in total. The fourth-order valence-corrected chi connectivity index (χ4v) is 4.52. The largest absolute Gasteiger partial charge is 0.0776 e. The van der Waals surface area contributed by atoms with Crippen molar-refractivity contribution < 1.29 is 0 Å². The third-order valence-corrected chi connectivity index (χ3v) is 13.5. The van der Waals surface area contributed by atoms with Gasteiger partial charge in [0.2, 0.25) is 0 Å². The van der Waals surface area contributed by atoms with Gasteiger partial charge in [0.25, 0.3) is 0 Å². The van der Waals surface area contributed by atoms with Gasteiger partial charge in [-0.05, 0) is 80.8 Å². The zero-order chi connectivity index (χ0) is 66.0. The van der Waals surface area contributed by atoms with Gasteiger partial charge in [-0.2, -0.15) is 0 Å². The molecule has 0 radical (unpaired) electrons. The second kappa shape index (κ2) is 86.4. The molecule has 0 aliphatic heterocycles. The Bertz CT molecular complexity index is 826. The highest BCUT2D eigenvalue weighted by molar-refractivity contribution is 4.76. The summed E-state index contributed by atoms with van der Waals surface area (Å²) in [6.07, 6.45) is 30.8. The Kier molecular flexibility index (Phi) is 131. The fraction of sp³-hybridized carbons (Fsp3) is 1.00. The smallest absolute Gasteiger partial charge is 0.0354 e. The molecule has 0 atom stereocenters. The van der Waals surface area contributed by atoms with E-state index in [9.17, 15) is 0 Å². The SMILES string of the molecule is C.C.C.CC.CC.CC.CC.CC(C)(C)C.CC(C)C.CC1CCC(C)(C)CC1.CC1CCCC1.CC1CCCCC1.CCC.CCC(C)(C)C.CCC(C)(C)C.CCC(C)(C)C.CCC(C)(C)CC.CCC(C)C.CCC(C)CC. The second-order valence-electron chi connectivity index (χ2n) is 30.3. The lowest BCUT2D eigenvalue weighted by atomic mass is 9.74. The van der Waals surface area contributed by atoms with Gasteiger partial charge in [-0.15, -0.1) is 0 Å². The van der Waals surface area contributed by atoms with Crippen LogP contribution in [0.1, 0.15) is 468 Å². The van der Waals surface area contributed by atoms with E-state index in [1.165, 1.54) is 141 Å². The van der Waals surface area contributed by atoms with Gasteiger partial charge in [-0.25, -0.2) is 0 Å². The molecule has 0 unspecified atom stereocenters. The summed E-state index contributed by atoms with van der Waals surface area (Å²) in [5.74, 6) is 5.73. The van der Waals surface area contributed by atoms with Gasteiger partial charge < -0.3 is 0 Å². The molecule has 0 bridgehead atoms. The predicted molar refractivity (Wildman–Crippen MR) is 407 cm³/mol. The van der Waals surface area contributed by atoms with Crippen LogP contribution in [0.2, 0.25) is 0 Å². The van der Waals surface area contributed by atoms with E-state index in [2.05, 4.69) is 249 Å². The number of hydrogen-bond donors (Lipinski definition) is 0. The van der Waals surface area contributed by atoms with Gasteiger partial charge in [0, 0.05) is 0 Å². The summed E-state index contributed by atoms with van der Waals surface area (Å²) in [6, 6.07) is 0. The van der Waals surface area contributed by atoms with Crippen molar-refractivity contribution >= 4 is 0 Å². The highest BCUT2D eigenvalue weighted by Crippen LogP contribution is 2.37. The zero-order valence-corrected chi connectivity index (χ0v) is 66.0. The van der Waals surface area contributed by atoms with Crippen LogP contribution in [0.4, 0.5) is 0 Å². The first-order valence-electron chi connectivity index (χ1n) is 35.4. The van der Waals surface area contributed by atoms with Crippen molar-refractivity contribution in [2.24, 2.45) is 68.0 Å². The Hall–Kier alpha value is 0. The summed E-state index contributed by atoms with van der Waals surface area (Å²) < 4.78 is 0. The summed E-state index contributed by atoms with van der Waals surface area (Å²) in [7, 11) is 0. The monoisotopic (exact) mass is 1170 g/mol. The Morgan fingerprint density at radius 2 is 0.506 bits per heavy atom. The van der Waals surface area contributed by atoms with Gasteiger partial charge in [-0.3, -0.25) is 0 Å². The lowest BCUT2D eigenvalue weighted by Gasteiger charge is -2.32. The van der Waals surface area contributed by atoms with Crippen molar-refractivity contribution in [3.63, 3.8) is 0 Å². The highest BCUT2D eigenvalue weighted by Gasteiger charge is 2.24. The van der Waals surface area contributed by atoms with E-state index in [4.69, 9.17) is 0 Å². The first-order valence-corrected chi connectivity index (χ1v) is 35.4.